The molecular weight excluding hydrogens is 238 g/mol. The Hall–Kier alpha value is -1.62. The van der Waals surface area contributed by atoms with Crippen molar-refractivity contribution in [3.8, 4) is 0 Å². The fourth-order valence-electron chi connectivity index (χ4n) is 1.62. The molecule has 0 fully saturated rings. The molecule has 0 aliphatic heterocycles. The number of hydrogen-bond donors (Lipinski definition) is 1. The van der Waals surface area contributed by atoms with E-state index in [1.165, 1.54) is 0 Å². The Morgan fingerprint density at radius 2 is 2.29 bits per heavy atom. The van der Waals surface area contributed by atoms with Gasteiger partial charge in [0, 0.05) is 36.7 Å². The van der Waals surface area contributed by atoms with Crippen LogP contribution < -0.4 is 5.32 Å². The molecule has 1 atom stereocenters. The van der Waals surface area contributed by atoms with Crippen LogP contribution in [0.25, 0.3) is 0 Å². The first-order valence-corrected chi connectivity index (χ1v) is 5.75. The number of imidazole rings is 1. The first-order valence-electron chi connectivity index (χ1n) is 5.37. The normalized spacial score (nSPS) is 12.4. The molecule has 5 nitrogen and oxygen atoms in total. The van der Waals surface area contributed by atoms with Gasteiger partial charge in [0.15, 0.2) is 0 Å². The summed E-state index contributed by atoms with van der Waals surface area (Å²) in [6.45, 7) is 4.78. The molecule has 1 N–H and O–H groups in total. The third kappa shape index (κ3) is 3.42. The second kappa shape index (κ2) is 5.14. The van der Waals surface area contributed by atoms with Crippen molar-refractivity contribution >= 4 is 17.4 Å². The van der Waals surface area contributed by atoms with Gasteiger partial charge in [-0.05, 0) is 25.4 Å². The summed E-state index contributed by atoms with van der Waals surface area (Å²) in [5, 5.41) is 3.54. The molecule has 6 heteroatoms. The lowest BCUT2D eigenvalue weighted by atomic mass is 10.3. The number of anilines is 1. The van der Waals surface area contributed by atoms with Gasteiger partial charge < -0.3 is 9.88 Å². The summed E-state index contributed by atoms with van der Waals surface area (Å²) in [6.07, 6.45) is 5.48. The number of aryl methyl sites for hydroxylation is 1. The van der Waals surface area contributed by atoms with Crippen molar-refractivity contribution in [3.63, 3.8) is 0 Å². The van der Waals surface area contributed by atoms with E-state index >= 15 is 0 Å². The molecular formula is C11H14ClN5. The van der Waals surface area contributed by atoms with E-state index in [9.17, 15) is 0 Å². The van der Waals surface area contributed by atoms with Gasteiger partial charge >= 0.3 is 0 Å². The first-order chi connectivity index (χ1) is 8.13. The molecule has 2 aromatic heterocycles. The average Bonchev–Trinajstić information content (AvgIpc) is 2.67. The van der Waals surface area contributed by atoms with Crippen molar-refractivity contribution in [3.05, 3.63) is 35.8 Å². The van der Waals surface area contributed by atoms with Crippen molar-refractivity contribution in [1.29, 1.82) is 0 Å². The van der Waals surface area contributed by atoms with Crippen LogP contribution in [0, 0.1) is 6.92 Å². The van der Waals surface area contributed by atoms with Crippen LogP contribution in [0.1, 0.15) is 12.6 Å². The van der Waals surface area contributed by atoms with Crippen LogP contribution in [0.3, 0.4) is 0 Å². The first kappa shape index (κ1) is 11.9. The predicted octanol–water partition coefficient (Wildman–Crippen LogP) is 2.14. The smallest absolute Gasteiger partial charge is 0.224 e. The molecule has 1 unspecified atom stereocenters. The summed E-state index contributed by atoms with van der Waals surface area (Å²) < 4.78 is 2.01. The predicted molar refractivity (Wildman–Crippen MR) is 67.1 cm³/mol. The molecule has 90 valence electrons. The SMILES string of the molecule is Cc1cc(NC(C)Cn2ccnc2)nc(Cl)n1. The van der Waals surface area contributed by atoms with Crippen LogP contribution in [0.15, 0.2) is 24.8 Å². The van der Waals surface area contributed by atoms with Crippen LogP contribution in [-0.2, 0) is 6.54 Å². The standard InChI is InChI=1S/C11H14ClN5/c1-8-5-10(16-11(12)15-8)14-9(2)6-17-4-3-13-7-17/h3-5,7,9H,6H2,1-2H3,(H,14,15,16). The van der Waals surface area contributed by atoms with E-state index in [-0.39, 0.29) is 11.3 Å². The molecule has 0 aromatic carbocycles. The minimum absolute atomic E-state index is 0.231. The van der Waals surface area contributed by atoms with Crippen molar-refractivity contribution in [1.82, 2.24) is 19.5 Å². The van der Waals surface area contributed by atoms with Gasteiger partial charge in [-0.1, -0.05) is 0 Å². The van der Waals surface area contributed by atoms with Gasteiger partial charge in [0.1, 0.15) is 5.82 Å². The van der Waals surface area contributed by atoms with E-state index in [0.29, 0.717) is 0 Å². The summed E-state index contributed by atoms with van der Waals surface area (Å²) in [5.41, 5.74) is 0.849. The number of nitrogens with zero attached hydrogens (tertiary/aromatic N) is 4. The highest BCUT2D eigenvalue weighted by atomic mass is 35.5. The lowest BCUT2D eigenvalue weighted by Crippen LogP contribution is -2.22. The number of rotatable bonds is 4. The molecule has 2 rings (SSSR count). The third-order valence-electron chi connectivity index (χ3n) is 2.27. The molecule has 0 bridgehead atoms. The largest absolute Gasteiger partial charge is 0.366 e. The van der Waals surface area contributed by atoms with Crippen molar-refractivity contribution in [2.75, 3.05) is 5.32 Å². The monoisotopic (exact) mass is 251 g/mol. The molecule has 17 heavy (non-hydrogen) atoms. The number of aromatic nitrogens is 4. The van der Waals surface area contributed by atoms with Crippen molar-refractivity contribution in [2.24, 2.45) is 0 Å². The fraction of sp³-hybridized carbons (Fsp3) is 0.364. The molecule has 0 saturated heterocycles. The summed E-state index contributed by atoms with van der Waals surface area (Å²) in [5.74, 6) is 0.745. The maximum Gasteiger partial charge on any atom is 0.224 e. The molecule has 0 aliphatic rings. The Morgan fingerprint density at radius 3 is 2.94 bits per heavy atom. The molecule has 0 radical (unpaired) electrons. The summed E-state index contributed by atoms with van der Waals surface area (Å²) >= 11 is 5.80. The van der Waals surface area contributed by atoms with E-state index in [2.05, 4.69) is 27.2 Å². The Morgan fingerprint density at radius 1 is 1.47 bits per heavy atom. The highest BCUT2D eigenvalue weighted by Crippen LogP contribution is 2.11. The molecule has 0 amide bonds. The summed E-state index contributed by atoms with van der Waals surface area (Å²) in [7, 11) is 0. The molecule has 0 spiro atoms. The minimum atomic E-state index is 0.231. The van der Waals surface area contributed by atoms with Gasteiger partial charge in [0.25, 0.3) is 0 Å². The van der Waals surface area contributed by atoms with E-state index in [0.717, 1.165) is 18.1 Å². The lowest BCUT2D eigenvalue weighted by Gasteiger charge is -2.15. The van der Waals surface area contributed by atoms with Crippen molar-refractivity contribution in [2.45, 2.75) is 26.4 Å². The van der Waals surface area contributed by atoms with Crippen LogP contribution in [0.4, 0.5) is 5.82 Å². The Balaban J connectivity index is 2.00. The zero-order valence-corrected chi connectivity index (χ0v) is 10.5. The summed E-state index contributed by atoms with van der Waals surface area (Å²) in [6, 6.07) is 2.10. The van der Waals surface area contributed by atoms with E-state index < -0.39 is 0 Å². The second-order valence-electron chi connectivity index (χ2n) is 3.97. The molecule has 0 aliphatic carbocycles. The van der Waals surface area contributed by atoms with Crippen molar-refractivity contribution < 1.29 is 0 Å². The fourth-order valence-corrected chi connectivity index (χ4v) is 1.84. The summed E-state index contributed by atoms with van der Waals surface area (Å²) in [4.78, 5) is 12.1. The number of hydrogen-bond acceptors (Lipinski definition) is 4. The van der Waals surface area contributed by atoms with E-state index in [1.807, 2.05) is 23.8 Å². The van der Waals surface area contributed by atoms with Gasteiger partial charge in [0.2, 0.25) is 5.28 Å². The van der Waals surface area contributed by atoms with Gasteiger partial charge in [0.05, 0.1) is 6.33 Å². The van der Waals surface area contributed by atoms with Crippen LogP contribution in [0.2, 0.25) is 5.28 Å². The molecule has 0 saturated carbocycles. The van der Waals surface area contributed by atoms with Gasteiger partial charge in [-0.3, -0.25) is 0 Å². The lowest BCUT2D eigenvalue weighted by molar-refractivity contribution is 0.617. The highest BCUT2D eigenvalue weighted by molar-refractivity contribution is 6.28. The maximum absolute atomic E-state index is 5.80. The van der Waals surface area contributed by atoms with Crippen LogP contribution in [0.5, 0.6) is 0 Å². The number of nitrogens with one attached hydrogen (secondary N) is 1. The van der Waals surface area contributed by atoms with Crippen LogP contribution in [-0.4, -0.2) is 25.6 Å². The Labute approximate surface area is 105 Å². The Bertz CT molecular complexity index is 462. The maximum atomic E-state index is 5.80. The Kier molecular flexibility index (Phi) is 3.58. The van der Waals surface area contributed by atoms with E-state index in [1.54, 1.807) is 12.5 Å². The zero-order valence-electron chi connectivity index (χ0n) is 9.76. The molecule has 2 aromatic rings. The highest BCUT2D eigenvalue weighted by Gasteiger charge is 2.05. The number of halogens is 1. The third-order valence-corrected chi connectivity index (χ3v) is 2.43. The molecule has 2 heterocycles. The zero-order chi connectivity index (χ0) is 12.3. The second-order valence-corrected chi connectivity index (χ2v) is 4.31. The quantitative estimate of drug-likeness (QED) is 0.846. The topological polar surface area (TPSA) is 55.6 Å². The van der Waals surface area contributed by atoms with Crippen LogP contribution >= 0.6 is 11.6 Å². The van der Waals surface area contributed by atoms with Gasteiger partial charge in [-0.15, -0.1) is 0 Å². The average molecular weight is 252 g/mol. The van der Waals surface area contributed by atoms with Gasteiger partial charge in [-0.25, -0.2) is 15.0 Å². The van der Waals surface area contributed by atoms with E-state index in [4.69, 9.17) is 11.6 Å². The minimum Gasteiger partial charge on any atom is -0.366 e. The van der Waals surface area contributed by atoms with Gasteiger partial charge in [-0.2, -0.15) is 0 Å².